The smallest absolute Gasteiger partial charge is 0.150 e. The van der Waals surface area contributed by atoms with Gasteiger partial charge in [-0.25, -0.2) is 0 Å². The normalized spacial score (nSPS) is 19.9. The molecule has 0 aliphatic heterocycles. The Labute approximate surface area is 78.8 Å². The molecule has 13 heavy (non-hydrogen) atoms. The van der Waals surface area contributed by atoms with Gasteiger partial charge in [-0.15, -0.1) is 0 Å². The van der Waals surface area contributed by atoms with E-state index in [0.29, 0.717) is 0 Å². The van der Waals surface area contributed by atoms with E-state index in [4.69, 9.17) is 0 Å². The quantitative estimate of drug-likeness (QED) is 0.630. The lowest BCUT2D eigenvalue weighted by Gasteiger charge is -2.07. The van der Waals surface area contributed by atoms with Crippen LogP contribution in [-0.2, 0) is 6.42 Å². The number of carbonyl (C=O) groups excluding carboxylic acids is 1. The van der Waals surface area contributed by atoms with E-state index in [1.54, 1.807) is 0 Å². The molecule has 1 aromatic carbocycles. The van der Waals surface area contributed by atoms with Crippen LogP contribution in [0.1, 0.15) is 47.2 Å². The highest BCUT2D eigenvalue weighted by Crippen LogP contribution is 2.35. The fourth-order valence-electron chi connectivity index (χ4n) is 2.22. The van der Waals surface area contributed by atoms with E-state index < -0.39 is 0 Å². The highest BCUT2D eigenvalue weighted by atomic mass is 16.1. The molecule has 0 amide bonds. The van der Waals surface area contributed by atoms with Crippen LogP contribution in [0.3, 0.4) is 0 Å². The molecular formula is C12H14O. The summed E-state index contributed by atoms with van der Waals surface area (Å²) < 4.78 is 0. The first kappa shape index (κ1) is 8.49. The summed E-state index contributed by atoms with van der Waals surface area (Å²) in [6.45, 7) is 2.23. The summed E-state index contributed by atoms with van der Waals surface area (Å²) in [5.74, 6) is 0.732. The molecule has 0 spiro atoms. The van der Waals surface area contributed by atoms with Gasteiger partial charge in [0.1, 0.15) is 6.29 Å². The molecule has 1 nitrogen and oxygen atoms in total. The predicted octanol–water partition coefficient (Wildman–Crippen LogP) is 2.94. The first-order valence-electron chi connectivity index (χ1n) is 4.93. The van der Waals surface area contributed by atoms with Crippen LogP contribution in [0.2, 0.25) is 0 Å². The number of rotatable bonds is 2. The standard InChI is InChI=1S/C12H14O/c1-2-10-4-5-11-7-9(8-13)3-6-12(10)11/h3,6-8,10H,2,4-5H2,1H3. The number of fused-ring (bicyclic) bond motifs is 1. The van der Waals surface area contributed by atoms with Crippen molar-refractivity contribution in [2.45, 2.75) is 32.1 Å². The van der Waals surface area contributed by atoms with Gasteiger partial charge in [0.05, 0.1) is 0 Å². The molecule has 68 valence electrons. The Bertz CT molecular complexity index is 328. The van der Waals surface area contributed by atoms with Crippen molar-refractivity contribution < 1.29 is 4.79 Å². The molecule has 0 saturated carbocycles. The third-order valence-electron chi connectivity index (χ3n) is 3.00. The van der Waals surface area contributed by atoms with Crippen molar-refractivity contribution in [2.75, 3.05) is 0 Å². The van der Waals surface area contributed by atoms with Crippen molar-refractivity contribution in [1.29, 1.82) is 0 Å². The van der Waals surface area contributed by atoms with E-state index in [9.17, 15) is 4.79 Å². The minimum absolute atomic E-state index is 0.732. The second kappa shape index (κ2) is 3.33. The van der Waals surface area contributed by atoms with Gasteiger partial charge in [-0.3, -0.25) is 4.79 Å². The summed E-state index contributed by atoms with van der Waals surface area (Å²) in [7, 11) is 0. The van der Waals surface area contributed by atoms with Gasteiger partial charge in [-0.05, 0) is 42.4 Å². The lowest BCUT2D eigenvalue weighted by molar-refractivity contribution is 0.112. The summed E-state index contributed by atoms with van der Waals surface area (Å²) in [6.07, 6.45) is 4.55. The molecular weight excluding hydrogens is 160 g/mol. The molecule has 1 aromatic rings. The molecule has 1 aliphatic rings. The number of benzene rings is 1. The second-order valence-electron chi connectivity index (χ2n) is 3.72. The minimum Gasteiger partial charge on any atom is -0.298 e. The SMILES string of the molecule is CCC1CCc2cc(C=O)ccc21. The van der Waals surface area contributed by atoms with Crippen LogP contribution < -0.4 is 0 Å². The van der Waals surface area contributed by atoms with E-state index in [0.717, 1.165) is 24.2 Å². The Kier molecular flexibility index (Phi) is 2.17. The highest BCUT2D eigenvalue weighted by molar-refractivity contribution is 5.75. The van der Waals surface area contributed by atoms with Crippen LogP contribution >= 0.6 is 0 Å². The van der Waals surface area contributed by atoms with Crippen molar-refractivity contribution in [1.82, 2.24) is 0 Å². The van der Waals surface area contributed by atoms with Gasteiger partial charge in [-0.1, -0.05) is 19.1 Å². The van der Waals surface area contributed by atoms with E-state index in [1.807, 2.05) is 12.1 Å². The number of hydrogen-bond acceptors (Lipinski definition) is 1. The Morgan fingerprint density at radius 1 is 1.54 bits per heavy atom. The monoisotopic (exact) mass is 174 g/mol. The Morgan fingerprint density at radius 3 is 3.08 bits per heavy atom. The van der Waals surface area contributed by atoms with Gasteiger partial charge < -0.3 is 0 Å². The van der Waals surface area contributed by atoms with E-state index in [-0.39, 0.29) is 0 Å². The molecule has 1 atom stereocenters. The third kappa shape index (κ3) is 1.39. The zero-order valence-corrected chi connectivity index (χ0v) is 7.92. The van der Waals surface area contributed by atoms with Crippen molar-refractivity contribution in [3.8, 4) is 0 Å². The van der Waals surface area contributed by atoms with E-state index in [1.165, 1.54) is 24.0 Å². The summed E-state index contributed by atoms with van der Waals surface area (Å²) >= 11 is 0. The van der Waals surface area contributed by atoms with Crippen molar-refractivity contribution >= 4 is 6.29 Å². The molecule has 1 aliphatic carbocycles. The lowest BCUT2D eigenvalue weighted by atomic mass is 9.98. The maximum atomic E-state index is 10.6. The van der Waals surface area contributed by atoms with Crippen LogP contribution in [0, 0.1) is 0 Å². The molecule has 1 unspecified atom stereocenters. The first-order valence-corrected chi connectivity index (χ1v) is 4.93. The molecule has 2 rings (SSSR count). The van der Waals surface area contributed by atoms with Gasteiger partial charge in [0, 0.05) is 5.56 Å². The van der Waals surface area contributed by atoms with Crippen molar-refractivity contribution in [3.63, 3.8) is 0 Å². The Hall–Kier alpha value is -1.11. The van der Waals surface area contributed by atoms with Crippen LogP contribution in [0.15, 0.2) is 18.2 Å². The van der Waals surface area contributed by atoms with Gasteiger partial charge in [-0.2, -0.15) is 0 Å². The van der Waals surface area contributed by atoms with Crippen LogP contribution in [0.5, 0.6) is 0 Å². The van der Waals surface area contributed by atoms with Crippen molar-refractivity contribution in [3.05, 3.63) is 34.9 Å². The topological polar surface area (TPSA) is 17.1 Å². The number of aldehydes is 1. The third-order valence-corrected chi connectivity index (χ3v) is 3.00. The highest BCUT2D eigenvalue weighted by Gasteiger charge is 2.20. The molecule has 0 radical (unpaired) electrons. The maximum Gasteiger partial charge on any atom is 0.150 e. The molecule has 0 bridgehead atoms. The number of hydrogen-bond donors (Lipinski definition) is 0. The lowest BCUT2D eigenvalue weighted by Crippen LogP contribution is -1.91. The largest absolute Gasteiger partial charge is 0.298 e. The van der Waals surface area contributed by atoms with Crippen molar-refractivity contribution in [2.24, 2.45) is 0 Å². The zero-order chi connectivity index (χ0) is 9.26. The molecule has 0 N–H and O–H groups in total. The van der Waals surface area contributed by atoms with Gasteiger partial charge in [0.25, 0.3) is 0 Å². The maximum absolute atomic E-state index is 10.6. The number of carbonyl (C=O) groups is 1. The molecule has 0 saturated heterocycles. The van der Waals surface area contributed by atoms with Gasteiger partial charge >= 0.3 is 0 Å². The van der Waals surface area contributed by atoms with E-state index in [2.05, 4.69) is 13.0 Å². The summed E-state index contributed by atoms with van der Waals surface area (Å²) in [6, 6.07) is 6.10. The zero-order valence-electron chi connectivity index (χ0n) is 7.92. The average molecular weight is 174 g/mol. The van der Waals surface area contributed by atoms with E-state index >= 15 is 0 Å². The Morgan fingerprint density at radius 2 is 2.38 bits per heavy atom. The average Bonchev–Trinajstić information content (AvgIpc) is 2.59. The summed E-state index contributed by atoms with van der Waals surface area (Å²) in [5.41, 5.74) is 3.67. The molecule has 1 heteroatoms. The molecule has 0 fully saturated rings. The first-order chi connectivity index (χ1) is 6.35. The van der Waals surface area contributed by atoms with Crippen LogP contribution in [0.4, 0.5) is 0 Å². The van der Waals surface area contributed by atoms with Crippen LogP contribution in [-0.4, -0.2) is 6.29 Å². The minimum atomic E-state index is 0.732. The van der Waals surface area contributed by atoms with Gasteiger partial charge in [0.2, 0.25) is 0 Å². The molecule has 0 aromatic heterocycles. The molecule has 0 heterocycles. The second-order valence-corrected chi connectivity index (χ2v) is 3.72. The summed E-state index contributed by atoms with van der Waals surface area (Å²) in [5, 5.41) is 0. The van der Waals surface area contributed by atoms with Crippen LogP contribution in [0.25, 0.3) is 0 Å². The summed E-state index contributed by atoms with van der Waals surface area (Å²) in [4.78, 5) is 10.6. The number of aryl methyl sites for hydroxylation is 1. The van der Waals surface area contributed by atoms with Gasteiger partial charge in [0.15, 0.2) is 0 Å². The Balaban J connectivity index is 2.40. The fourth-order valence-corrected chi connectivity index (χ4v) is 2.22. The fraction of sp³-hybridized carbons (Fsp3) is 0.417. The predicted molar refractivity (Wildman–Crippen MR) is 53.2 cm³/mol.